The quantitative estimate of drug-likeness (QED) is 0.835. The summed E-state index contributed by atoms with van der Waals surface area (Å²) in [4.78, 5) is 0. The zero-order valence-corrected chi connectivity index (χ0v) is 13.1. The van der Waals surface area contributed by atoms with Crippen LogP contribution in [0.2, 0.25) is 10.0 Å². The summed E-state index contributed by atoms with van der Waals surface area (Å²) >= 11 is 12.1. The molecule has 0 fully saturated rings. The van der Waals surface area contributed by atoms with Crippen molar-refractivity contribution < 1.29 is 4.39 Å². The van der Waals surface area contributed by atoms with Crippen LogP contribution in [0.3, 0.4) is 0 Å². The molecule has 0 radical (unpaired) electrons. The van der Waals surface area contributed by atoms with Gasteiger partial charge in [0.1, 0.15) is 5.82 Å². The van der Waals surface area contributed by atoms with Crippen molar-refractivity contribution in [1.82, 2.24) is 5.32 Å². The van der Waals surface area contributed by atoms with E-state index in [1.165, 1.54) is 6.07 Å². The predicted molar refractivity (Wildman–Crippen MR) is 83.2 cm³/mol. The topological polar surface area (TPSA) is 12.0 Å². The number of halogens is 3. The average molecular weight is 312 g/mol. The van der Waals surface area contributed by atoms with Crippen molar-refractivity contribution in [1.29, 1.82) is 0 Å². The number of benzene rings is 2. The standard InChI is InChI=1S/C16H16Cl2FN/c1-9-7-14(18)10(2)6-12(9)16(20-3)13-8-11(17)4-5-15(13)19/h4-8,16,20H,1-3H3. The summed E-state index contributed by atoms with van der Waals surface area (Å²) in [6.07, 6.45) is 0. The third-order valence-corrected chi connectivity index (χ3v) is 4.06. The van der Waals surface area contributed by atoms with Gasteiger partial charge in [-0.1, -0.05) is 29.3 Å². The lowest BCUT2D eigenvalue weighted by Crippen LogP contribution is -2.20. The first-order valence-electron chi connectivity index (χ1n) is 6.33. The van der Waals surface area contributed by atoms with Crippen molar-refractivity contribution in [3.63, 3.8) is 0 Å². The van der Waals surface area contributed by atoms with E-state index in [9.17, 15) is 4.39 Å². The molecule has 2 aromatic rings. The van der Waals surface area contributed by atoms with Gasteiger partial charge in [0.05, 0.1) is 6.04 Å². The molecule has 106 valence electrons. The van der Waals surface area contributed by atoms with Crippen LogP contribution >= 0.6 is 23.2 Å². The molecule has 20 heavy (non-hydrogen) atoms. The second kappa shape index (κ2) is 6.13. The normalized spacial score (nSPS) is 12.5. The first-order valence-corrected chi connectivity index (χ1v) is 7.08. The molecule has 0 aliphatic carbocycles. The maximum Gasteiger partial charge on any atom is 0.128 e. The molecular formula is C16H16Cl2FN. The molecule has 0 spiro atoms. The van der Waals surface area contributed by atoms with Gasteiger partial charge < -0.3 is 5.32 Å². The smallest absolute Gasteiger partial charge is 0.128 e. The van der Waals surface area contributed by atoms with Gasteiger partial charge >= 0.3 is 0 Å². The molecule has 1 N–H and O–H groups in total. The van der Waals surface area contributed by atoms with E-state index in [4.69, 9.17) is 23.2 Å². The Kier molecular flexibility index (Phi) is 4.69. The molecule has 0 aliphatic rings. The van der Waals surface area contributed by atoms with E-state index in [0.29, 0.717) is 15.6 Å². The van der Waals surface area contributed by atoms with Gasteiger partial charge in [-0.05, 0) is 61.9 Å². The van der Waals surface area contributed by atoms with Crippen molar-refractivity contribution in [3.05, 3.63) is 68.4 Å². The molecule has 1 nitrogen and oxygen atoms in total. The molecule has 0 bridgehead atoms. The number of hydrogen-bond acceptors (Lipinski definition) is 1. The van der Waals surface area contributed by atoms with Crippen LogP contribution in [0.4, 0.5) is 4.39 Å². The molecule has 0 saturated heterocycles. The van der Waals surface area contributed by atoms with Crippen LogP contribution in [0.1, 0.15) is 28.3 Å². The minimum Gasteiger partial charge on any atom is -0.309 e. The highest BCUT2D eigenvalue weighted by Gasteiger charge is 2.19. The monoisotopic (exact) mass is 311 g/mol. The van der Waals surface area contributed by atoms with Gasteiger partial charge in [0.25, 0.3) is 0 Å². The number of nitrogens with one attached hydrogen (secondary N) is 1. The van der Waals surface area contributed by atoms with Gasteiger partial charge in [-0.15, -0.1) is 0 Å². The molecule has 1 atom stereocenters. The zero-order valence-electron chi connectivity index (χ0n) is 11.6. The summed E-state index contributed by atoms with van der Waals surface area (Å²) in [5.74, 6) is -0.277. The van der Waals surface area contributed by atoms with E-state index in [2.05, 4.69) is 5.32 Å². The van der Waals surface area contributed by atoms with Gasteiger partial charge in [-0.25, -0.2) is 4.39 Å². The highest BCUT2D eigenvalue weighted by molar-refractivity contribution is 6.31. The van der Waals surface area contributed by atoms with Gasteiger partial charge in [0.2, 0.25) is 0 Å². The third kappa shape index (κ3) is 2.98. The Balaban J connectivity index is 2.58. The van der Waals surface area contributed by atoms with Crippen LogP contribution in [0, 0.1) is 19.7 Å². The average Bonchev–Trinajstić information content (AvgIpc) is 2.40. The fourth-order valence-corrected chi connectivity index (χ4v) is 2.73. The Bertz CT molecular complexity index is 641. The fourth-order valence-electron chi connectivity index (χ4n) is 2.33. The Labute approximate surface area is 128 Å². The Morgan fingerprint density at radius 2 is 1.70 bits per heavy atom. The number of rotatable bonds is 3. The summed E-state index contributed by atoms with van der Waals surface area (Å²) in [5.41, 5.74) is 3.51. The minimum atomic E-state index is -0.277. The van der Waals surface area contributed by atoms with E-state index in [1.807, 2.05) is 26.0 Å². The van der Waals surface area contributed by atoms with Crippen molar-refractivity contribution in [2.45, 2.75) is 19.9 Å². The van der Waals surface area contributed by atoms with Crippen molar-refractivity contribution in [3.8, 4) is 0 Å². The fraction of sp³-hybridized carbons (Fsp3) is 0.250. The lowest BCUT2D eigenvalue weighted by atomic mass is 9.93. The van der Waals surface area contributed by atoms with E-state index < -0.39 is 0 Å². The largest absolute Gasteiger partial charge is 0.309 e. The maximum absolute atomic E-state index is 14.1. The molecule has 2 aromatic carbocycles. The lowest BCUT2D eigenvalue weighted by Gasteiger charge is -2.21. The summed E-state index contributed by atoms with van der Waals surface area (Å²) < 4.78 is 14.1. The lowest BCUT2D eigenvalue weighted by molar-refractivity contribution is 0.575. The Hall–Kier alpha value is -1.09. The molecule has 0 saturated carbocycles. The van der Waals surface area contributed by atoms with Gasteiger partial charge in [-0.2, -0.15) is 0 Å². The van der Waals surface area contributed by atoms with Crippen LogP contribution in [-0.2, 0) is 0 Å². The summed E-state index contributed by atoms with van der Waals surface area (Å²) in [5, 5.41) is 4.38. The van der Waals surface area contributed by atoms with Gasteiger partial charge in [-0.3, -0.25) is 0 Å². The number of aryl methyl sites for hydroxylation is 2. The van der Waals surface area contributed by atoms with Crippen molar-refractivity contribution in [2.24, 2.45) is 0 Å². The SMILES string of the molecule is CNC(c1cc(C)c(Cl)cc1C)c1cc(Cl)ccc1F. The first-order chi connectivity index (χ1) is 9.43. The molecule has 0 aromatic heterocycles. The van der Waals surface area contributed by atoms with Crippen LogP contribution < -0.4 is 5.32 Å². The van der Waals surface area contributed by atoms with Crippen LogP contribution in [0.15, 0.2) is 30.3 Å². The molecular weight excluding hydrogens is 296 g/mol. The highest BCUT2D eigenvalue weighted by atomic mass is 35.5. The van der Waals surface area contributed by atoms with Crippen molar-refractivity contribution in [2.75, 3.05) is 7.05 Å². The van der Waals surface area contributed by atoms with E-state index in [0.717, 1.165) is 16.7 Å². The second-order valence-corrected chi connectivity index (χ2v) is 5.69. The zero-order chi connectivity index (χ0) is 14.9. The van der Waals surface area contributed by atoms with Crippen LogP contribution in [-0.4, -0.2) is 7.05 Å². The van der Waals surface area contributed by atoms with Crippen LogP contribution in [0.5, 0.6) is 0 Å². The summed E-state index contributed by atoms with van der Waals surface area (Å²) in [6, 6.07) is 8.22. The van der Waals surface area contributed by atoms with Gasteiger partial charge in [0, 0.05) is 15.6 Å². The minimum absolute atomic E-state index is 0.260. The Morgan fingerprint density at radius 1 is 1.00 bits per heavy atom. The first kappa shape index (κ1) is 15.3. The molecule has 0 aliphatic heterocycles. The summed E-state index contributed by atoms with van der Waals surface area (Å²) in [7, 11) is 1.80. The highest BCUT2D eigenvalue weighted by Crippen LogP contribution is 2.31. The maximum atomic E-state index is 14.1. The van der Waals surface area contributed by atoms with Crippen molar-refractivity contribution >= 4 is 23.2 Å². The van der Waals surface area contributed by atoms with Crippen LogP contribution in [0.25, 0.3) is 0 Å². The predicted octanol–water partition coefficient (Wildman–Crippen LogP) is 5.06. The van der Waals surface area contributed by atoms with E-state index in [-0.39, 0.29) is 11.9 Å². The molecule has 0 heterocycles. The Morgan fingerprint density at radius 3 is 2.35 bits per heavy atom. The van der Waals surface area contributed by atoms with E-state index in [1.54, 1.807) is 19.2 Å². The molecule has 4 heteroatoms. The second-order valence-electron chi connectivity index (χ2n) is 4.85. The van der Waals surface area contributed by atoms with E-state index >= 15 is 0 Å². The molecule has 2 rings (SSSR count). The third-order valence-electron chi connectivity index (χ3n) is 3.42. The molecule has 0 amide bonds. The van der Waals surface area contributed by atoms with Gasteiger partial charge in [0.15, 0.2) is 0 Å². The summed E-state index contributed by atoms with van der Waals surface area (Å²) in [6.45, 7) is 3.90. The molecule has 1 unspecified atom stereocenters. The number of hydrogen-bond donors (Lipinski definition) is 1.